The highest BCUT2D eigenvalue weighted by atomic mass is 16.5. The molecule has 2 N–H and O–H groups in total. The summed E-state index contributed by atoms with van der Waals surface area (Å²) in [5.74, 6) is 1.04. The first-order valence-electron chi connectivity index (χ1n) is 13.8. The molecule has 0 aliphatic carbocycles. The second-order valence-corrected chi connectivity index (χ2v) is 10.3. The molecule has 0 amide bonds. The van der Waals surface area contributed by atoms with Gasteiger partial charge in [0.1, 0.15) is 0 Å². The Hall–Kier alpha value is -3.18. The van der Waals surface area contributed by atoms with E-state index in [0.29, 0.717) is 11.8 Å². The number of benzene rings is 2. The molecule has 0 spiro atoms. The van der Waals surface area contributed by atoms with Crippen molar-refractivity contribution in [1.29, 1.82) is 0 Å². The van der Waals surface area contributed by atoms with Crippen molar-refractivity contribution in [2.24, 2.45) is 0 Å². The van der Waals surface area contributed by atoms with E-state index in [9.17, 15) is 0 Å². The fourth-order valence-corrected chi connectivity index (χ4v) is 5.11. The quantitative estimate of drug-likeness (QED) is 0.158. The lowest BCUT2D eigenvalue weighted by atomic mass is 9.89. The number of aromatic nitrogens is 4. The Morgan fingerprint density at radius 2 is 1.05 bits per heavy atom. The molecule has 0 saturated heterocycles. The van der Waals surface area contributed by atoms with E-state index in [4.69, 9.17) is 4.74 Å². The van der Waals surface area contributed by atoms with Crippen molar-refractivity contribution in [1.82, 2.24) is 19.9 Å². The van der Waals surface area contributed by atoms with E-state index in [-0.39, 0.29) is 0 Å². The zero-order chi connectivity index (χ0) is 25.7. The third-order valence-electron chi connectivity index (χ3n) is 7.43. The number of hydrogen-bond donors (Lipinski definition) is 2. The molecule has 37 heavy (non-hydrogen) atoms. The van der Waals surface area contributed by atoms with E-state index < -0.39 is 0 Å². The monoisotopic (exact) mass is 498 g/mol. The second-order valence-electron chi connectivity index (χ2n) is 10.3. The highest BCUT2D eigenvalue weighted by Crippen LogP contribution is 2.28. The Labute approximate surface area is 222 Å². The average Bonchev–Trinajstić information content (AvgIpc) is 3.62. The van der Waals surface area contributed by atoms with Gasteiger partial charge >= 0.3 is 0 Å². The summed E-state index contributed by atoms with van der Waals surface area (Å²) >= 11 is 0. The minimum absolute atomic E-state index is 0.519. The maximum atomic E-state index is 6.26. The summed E-state index contributed by atoms with van der Waals surface area (Å²) in [7, 11) is 0. The summed E-state index contributed by atoms with van der Waals surface area (Å²) in [4.78, 5) is 14.8. The van der Waals surface area contributed by atoms with Crippen molar-refractivity contribution in [2.75, 3.05) is 13.2 Å². The van der Waals surface area contributed by atoms with Crippen LogP contribution in [-0.4, -0.2) is 33.1 Å². The predicted molar refractivity (Wildman–Crippen MR) is 151 cm³/mol. The molecule has 5 nitrogen and oxygen atoms in total. The Morgan fingerprint density at radius 3 is 1.43 bits per heavy atom. The van der Waals surface area contributed by atoms with Crippen molar-refractivity contribution >= 4 is 0 Å². The zero-order valence-corrected chi connectivity index (χ0v) is 22.5. The van der Waals surface area contributed by atoms with Gasteiger partial charge in [0.25, 0.3) is 0 Å². The molecule has 2 heterocycles. The predicted octanol–water partition coefficient (Wildman–Crippen LogP) is 7.46. The molecule has 2 aromatic carbocycles. The molecular formula is C32H42N4O. The van der Waals surface area contributed by atoms with Gasteiger partial charge in [-0.05, 0) is 88.2 Å². The topological polar surface area (TPSA) is 66.6 Å². The van der Waals surface area contributed by atoms with Crippen molar-refractivity contribution in [3.05, 3.63) is 107 Å². The first kappa shape index (κ1) is 26.9. The number of hydrogen-bond acceptors (Lipinski definition) is 3. The van der Waals surface area contributed by atoms with Crippen LogP contribution in [0.1, 0.15) is 84.0 Å². The molecule has 0 aliphatic rings. The number of nitrogens with one attached hydrogen (secondary N) is 2. The largest absolute Gasteiger partial charge is 0.381 e. The van der Waals surface area contributed by atoms with Gasteiger partial charge < -0.3 is 14.7 Å². The van der Waals surface area contributed by atoms with Crippen LogP contribution in [0.15, 0.2) is 73.6 Å². The van der Waals surface area contributed by atoms with Gasteiger partial charge in [-0.25, -0.2) is 9.97 Å². The second kappa shape index (κ2) is 14.5. The smallest absolute Gasteiger partial charge is 0.0921 e. The van der Waals surface area contributed by atoms with Crippen LogP contribution in [0.25, 0.3) is 0 Å². The minimum atomic E-state index is 0.519. The molecule has 196 valence electrons. The lowest BCUT2D eigenvalue weighted by molar-refractivity contribution is 0.118. The lowest BCUT2D eigenvalue weighted by Gasteiger charge is -2.20. The van der Waals surface area contributed by atoms with E-state index in [1.165, 1.54) is 33.6 Å². The molecule has 0 radical (unpaired) electrons. The summed E-state index contributed by atoms with van der Waals surface area (Å²) in [6.07, 6.45) is 16.2. The van der Waals surface area contributed by atoms with E-state index in [1.54, 1.807) is 12.7 Å². The summed E-state index contributed by atoms with van der Waals surface area (Å²) < 4.78 is 6.26. The van der Waals surface area contributed by atoms with Gasteiger partial charge in [0.15, 0.2) is 0 Å². The fourth-order valence-electron chi connectivity index (χ4n) is 5.11. The number of ether oxygens (including phenoxy) is 1. The van der Waals surface area contributed by atoms with Crippen LogP contribution in [-0.2, 0) is 17.6 Å². The van der Waals surface area contributed by atoms with Crippen LogP contribution < -0.4 is 0 Å². The van der Waals surface area contributed by atoms with Crippen LogP contribution in [0, 0.1) is 13.8 Å². The van der Waals surface area contributed by atoms with Crippen LogP contribution in [0.5, 0.6) is 0 Å². The number of imidazole rings is 2. The van der Waals surface area contributed by atoms with E-state index in [0.717, 1.165) is 64.6 Å². The van der Waals surface area contributed by atoms with Crippen molar-refractivity contribution in [3.63, 3.8) is 0 Å². The Bertz CT molecular complexity index is 1030. The molecule has 2 aromatic heterocycles. The maximum absolute atomic E-state index is 6.26. The maximum Gasteiger partial charge on any atom is 0.0921 e. The number of H-pyrrole nitrogens is 2. The molecule has 2 atom stereocenters. The molecule has 0 saturated carbocycles. The number of nitrogens with zero attached hydrogens (tertiary/aromatic N) is 2. The van der Waals surface area contributed by atoms with Gasteiger partial charge in [0, 0.05) is 37.0 Å². The van der Waals surface area contributed by atoms with Gasteiger partial charge in [-0.2, -0.15) is 0 Å². The first-order valence-corrected chi connectivity index (χ1v) is 13.8. The number of aryl methyl sites for hydroxylation is 4. The summed E-state index contributed by atoms with van der Waals surface area (Å²) in [5.41, 5.74) is 7.91. The van der Waals surface area contributed by atoms with Gasteiger partial charge in [-0.3, -0.25) is 0 Å². The molecular weight excluding hydrogens is 456 g/mol. The molecule has 5 heteroatoms. The Morgan fingerprint density at radius 1 is 0.622 bits per heavy atom. The van der Waals surface area contributed by atoms with E-state index in [2.05, 4.69) is 82.3 Å². The van der Waals surface area contributed by atoms with Crippen molar-refractivity contribution in [2.45, 2.75) is 77.0 Å². The van der Waals surface area contributed by atoms with Crippen LogP contribution in [0.4, 0.5) is 0 Å². The van der Waals surface area contributed by atoms with Crippen LogP contribution in [0.3, 0.4) is 0 Å². The average molecular weight is 499 g/mol. The summed E-state index contributed by atoms with van der Waals surface area (Å²) in [5, 5.41) is 0. The third kappa shape index (κ3) is 9.01. The van der Waals surface area contributed by atoms with Gasteiger partial charge in [-0.15, -0.1) is 0 Å². The van der Waals surface area contributed by atoms with Gasteiger partial charge in [0.05, 0.1) is 12.7 Å². The number of aromatic amines is 2. The molecule has 0 fully saturated rings. The van der Waals surface area contributed by atoms with Crippen LogP contribution >= 0.6 is 0 Å². The number of rotatable bonds is 16. The minimum Gasteiger partial charge on any atom is -0.381 e. The molecule has 2 unspecified atom stereocenters. The third-order valence-corrected chi connectivity index (χ3v) is 7.43. The first-order chi connectivity index (χ1) is 18.2. The molecule has 4 rings (SSSR count). The van der Waals surface area contributed by atoms with Gasteiger partial charge in [-0.1, -0.05) is 59.7 Å². The highest BCUT2D eigenvalue weighted by molar-refractivity contribution is 5.25. The highest BCUT2D eigenvalue weighted by Gasteiger charge is 2.14. The summed E-state index contributed by atoms with van der Waals surface area (Å²) in [6, 6.07) is 18.1. The SMILES string of the molecule is Cc1ccc(C(CCCc2cnc[nH]2)CCOCCC(CCCc2cnc[nH]2)c2ccc(C)cc2)cc1. The normalized spacial score (nSPS) is 13.0. The molecule has 4 aromatic rings. The standard InChI is InChI=1S/C32H42N4O/c1-25-9-13-29(14-10-25)27(5-3-7-31-21-33-23-35-31)17-19-37-20-18-28(30-15-11-26(2)12-16-30)6-4-8-32-22-34-24-36-32/h9-16,21-24,27-28H,3-8,17-20H2,1-2H3,(H,33,35)(H,34,36). The van der Waals surface area contributed by atoms with E-state index in [1.807, 2.05) is 12.4 Å². The Balaban J connectivity index is 1.26. The summed E-state index contributed by atoms with van der Waals surface area (Å²) in [6.45, 7) is 5.91. The molecule has 0 aliphatic heterocycles. The van der Waals surface area contributed by atoms with Crippen molar-refractivity contribution in [3.8, 4) is 0 Å². The van der Waals surface area contributed by atoms with Crippen LogP contribution in [0.2, 0.25) is 0 Å². The zero-order valence-electron chi connectivity index (χ0n) is 22.5. The van der Waals surface area contributed by atoms with Crippen molar-refractivity contribution < 1.29 is 4.74 Å². The fraction of sp³-hybridized carbons (Fsp3) is 0.438. The lowest BCUT2D eigenvalue weighted by Crippen LogP contribution is -2.09. The van der Waals surface area contributed by atoms with Gasteiger partial charge in [0.2, 0.25) is 0 Å². The van der Waals surface area contributed by atoms with E-state index >= 15 is 0 Å². The Kier molecular flexibility index (Phi) is 10.6. The molecule has 0 bridgehead atoms.